The van der Waals surface area contributed by atoms with Crippen molar-refractivity contribution < 1.29 is 0 Å². The number of benzene rings is 1. The predicted molar refractivity (Wildman–Crippen MR) is 64.7 cm³/mol. The zero-order valence-corrected chi connectivity index (χ0v) is 10.0. The van der Waals surface area contributed by atoms with Crippen molar-refractivity contribution in [1.29, 1.82) is 0 Å². The molecule has 0 radical (unpaired) electrons. The van der Waals surface area contributed by atoms with E-state index in [1.165, 1.54) is 0 Å². The number of nitrogens with zero attached hydrogens (tertiary/aromatic N) is 6. The summed E-state index contributed by atoms with van der Waals surface area (Å²) in [6.45, 7) is 0. The molecule has 0 fully saturated rings. The van der Waals surface area contributed by atoms with Crippen molar-refractivity contribution in [2.45, 2.75) is 0 Å². The quantitative estimate of drug-likeness (QED) is 0.494. The molecular formula is C10H5BrN6. The summed E-state index contributed by atoms with van der Waals surface area (Å²) in [6.07, 6.45) is 3.36. The maximum atomic E-state index is 4.07. The number of hydrogen-bond acceptors (Lipinski definition) is 4. The third-order valence-corrected chi connectivity index (χ3v) is 3.25. The molecule has 0 atom stereocenters. The average molecular weight is 289 g/mol. The Morgan fingerprint density at radius 2 is 1.53 bits per heavy atom. The van der Waals surface area contributed by atoms with Crippen LogP contribution in [-0.4, -0.2) is 29.2 Å². The Labute approximate surface area is 103 Å². The maximum absolute atomic E-state index is 4.07. The van der Waals surface area contributed by atoms with Crippen molar-refractivity contribution >= 4 is 38.3 Å². The number of aromatic nitrogens is 6. The molecule has 4 aromatic rings. The Balaban J connectivity index is 2.45. The van der Waals surface area contributed by atoms with Gasteiger partial charge in [-0.25, -0.2) is 0 Å². The fourth-order valence-electron chi connectivity index (χ4n) is 2.02. The highest BCUT2D eigenvalue weighted by atomic mass is 79.9. The normalized spacial score (nSPS) is 11.8. The highest BCUT2D eigenvalue weighted by Gasteiger charge is 2.11. The van der Waals surface area contributed by atoms with Crippen LogP contribution in [0, 0.1) is 0 Å². The summed E-state index contributed by atoms with van der Waals surface area (Å²) >= 11 is 3.47. The van der Waals surface area contributed by atoms with Crippen LogP contribution in [0.1, 0.15) is 0 Å². The van der Waals surface area contributed by atoms with Gasteiger partial charge in [0.15, 0.2) is 0 Å². The maximum Gasteiger partial charge on any atom is 0.206 e. The van der Waals surface area contributed by atoms with Gasteiger partial charge >= 0.3 is 0 Å². The molecule has 0 saturated carbocycles. The van der Waals surface area contributed by atoms with Crippen LogP contribution in [0.2, 0.25) is 0 Å². The van der Waals surface area contributed by atoms with Gasteiger partial charge in [-0.3, -0.25) is 8.80 Å². The van der Waals surface area contributed by atoms with E-state index < -0.39 is 0 Å². The second kappa shape index (κ2) is 3.01. The van der Waals surface area contributed by atoms with E-state index in [2.05, 4.69) is 36.3 Å². The van der Waals surface area contributed by atoms with Crippen molar-refractivity contribution in [2.75, 3.05) is 0 Å². The number of rotatable bonds is 0. The van der Waals surface area contributed by atoms with Crippen molar-refractivity contribution in [3.8, 4) is 0 Å². The van der Waals surface area contributed by atoms with Crippen LogP contribution in [0.15, 0.2) is 35.3 Å². The molecule has 0 aliphatic carbocycles. The van der Waals surface area contributed by atoms with Crippen LogP contribution in [0.3, 0.4) is 0 Å². The van der Waals surface area contributed by atoms with Gasteiger partial charge in [-0.1, -0.05) is 15.9 Å². The molecule has 82 valence electrons. The third-order valence-electron chi connectivity index (χ3n) is 2.75. The topological polar surface area (TPSA) is 60.4 Å². The molecule has 6 nitrogen and oxygen atoms in total. The zero-order valence-electron chi connectivity index (χ0n) is 8.45. The van der Waals surface area contributed by atoms with Gasteiger partial charge in [0.1, 0.15) is 12.7 Å². The van der Waals surface area contributed by atoms with E-state index in [-0.39, 0.29) is 0 Å². The lowest BCUT2D eigenvalue weighted by atomic mass is 10.3. The van der Waals surface area contributed by atoms with E-state index in [0.29, 0.717) is 11.3 Å². The van der Waals surface area contributed by atoms with E-state index in [1.807, 2.05) is 27.0 Å². The highest BCUT2D eigenvalue weighted by molar-refractivity contribution is 9.10. The highest BCUT2D eigenvalue weighted by Crippen LogP contribution is 2.22. The van der Waals surface area contributed by atoms with Crippen molar-refractivity contribution in [1.82, 2.24) is 29.2 Å². The molecule has 0 bridgehead atoms. The molecule has 0 N–H and O–H groups in total. The Bertz CT molecular complexity index is 861. The van der Waals surface area contributed by atoms with Crippen molar-refractivity contribution in [3.05, 3.63) is 35.3 Å². The van der Waals surface area contributed by atoms with Crippen LogP contribution < -0.4 is 0 Å². The summed E-state index contributed by atoms with van der Waals surface area (Å²) in [6, 6.07) is 6.01. The second-order valence-corrected chi connectivity index (χ2v) is 4.60. The zero-order chi connectivity index (χ0) is 11.4. The minimum atomic E-state index is 0.702. The number of halogens is 1. The molecule has 0 unspecified atom stereocenters. The summed E-state index contributed by atoms with van der Waals surface area (Å²) in [5.41, 5.74) is 3.43. The molecule has 0 amide bonds. The van der Waals surface area contributed by atoms with Crippen LogP contribution in [0.25, 0.3) is 22.3 Å². The molecule has 0 spiro atoms. The first kappa shape index (κ1) is 9.06. The first-order valence-electron chi connectivity index (χ1n) is 4.95. The largest absolute Gasteiger partial charge is 0.277 e. The van der Waals surface area contributed by atoms with Gasteiger partial charge in [-0.05, 0) is 18.2 Å². The lowest BCUT2D eigenvalue weighted by Gasteiger charge is -2.04. The number of fused-ring (bicyclic) bond motifs is 6. The first-order chi connectivity index (χ1) is 8.34. The smallest absolute Gasteiger partial charge is 0.206 e. The van der Waals surface area contributed by atoms with E-state index in [0.717, 1.165) is 15.5 Å². The van der Waals surface area contributed by atoms with Gasteiger partial charge in [0.25, 0.3) is 0 Å². The van der Waals surface area contributed by atoms with Crippen LogP contribution in [0.5, 0.6) is 0 Å². The molecule has 0 saturated heterocycles. The van der Waals surface area contributed by atoms with Gasteiger partial charge in [0.2, 0.25) is 11.3 Å². The summed E-state index contributed by atoms with van der Waals surface area (Å²) in [5, 5.41) is 16.0. The molecule has 17 heavy (non-hydrogen) atoms. The molecule has 7 heteroatoms. The predicted octanol–water partition coefficient (Wildman–Crippen LogP) is 1.69. The second-order valence-electron chi connectivity index (χ2n) is 3.68. The SMILES string of the molecule is Brc1ccc2c(c1)n1cnnc1c1nncn21. The molecular weight excluding hydrogens is 284 g/mol. The third kappa shape index (κ3) is 1.09. The monoisotopic (exact) mass is 288 g/mol. The number of hydrogen-bond donors (Lipinski definition) is 0. The summed E-state index contributed by atoms with van der Waals surface area (Å²) < 4.78 is 4.82. The Hall–Kier alpha value is -2.02. The minimum absolute atomic E-state index is 0.702. The van der Waals surface area contributed by atoms with Crippen LogP contribution >= 0.6 is 15.9 Å². The summed E-state index contributed by atoms with van der Waals surface area (Å²) in [7, 11) is 0. The molecule has 3 heterocycles. The Kier molecular flexibility index (Phi) is 1.60. The van der Waals surface area contributed by atoms with Crippen LogP contribution in [-0.2, 0) is 0 Å². The average Bonchev–Trinajstić information content (AvgIpc) is 2.97. The van der Waals surface area contributed by atoms with E-state index in [1.54, 1.807) is 12.7 Å². The van der Waals surface area contributed by atoms with Crippen LogP contribution in [0.4, 0.5) is 0 Å². The van der Waals surface area contributed by atoms with Gasteiger partial charge in [0, 0.05) is 4.47 Å². The molecule has 3 aromatic heterocycles. The fourth-order valence-corrected chi connectivity index (χ4v) is 2.37. The standard InChI is InChI=1S/C10H5BrN6/c11-6-1-2-7-8(3-6)17-5-13-15-10(17)9-14-12-4-16(7)9/h1-5H. The summed E-state index contributed by atoms with van der Waals surface area (Å²) in [4.78, 5) is 0. The van der Waals surface area contributed by atoms with Crippen molar-refractivity contribution in [3.63, 3.8) is 0 Å². The summed E-state index contributed by atoms with van der Waals surface area (Å²) in [5.74, 6) is 0. The molecule has 0 aliphatic heterocycles. The van der Waals surface area contributed by atoms with Crippen molar-refractivity contribution in [2.24, 2.45) is 0 Å². The van der Waals surface area contributed by atoms with Gasteiger partial charge in [-0.2, -0.15) is 0 Å². The van der Waals surface area contributed by atoms with E-state index in [9.17, 15) is 0 Å². The molecule has 4 rings (SSSR count). The molecule has 0 aliphatic rings. The van der Waals surface area contributed by atoms with Gasteiger partial charge in [0.05, 0.1) is 11.0 Å². The first-order valence-corrected chi connectivity index (χ1v) is 5.74. The van der Waals surface area contributed by atoms with Gasteiger partial charge in [-0.15, -0.1) is 20.4 Å². The lowest BCUT2D eigenvalue weighted by molar-refractivity contribution is 1.10. The minimum Gasteiger partial charge on any atom is -0.277 e. The molecule has 1 aromatic carbocycles. The van der Waals surface area contributed by atoms with Gasteiger partial charge < -0.3 is 0 Å². The van der Waals surface area contributed by atoms with E-state index in [4.69, 9.17) is 0 Å². The van der Waals surface area contributed by atoms with E-state index >= 15 is 0 Å². The fraction of sp³-hybridized carbons (Fsp3) is 0. The Morgan fingerprint density at radius 1 is 0.882 bits per heavy atom. The Morgan fingerprint density at radius 3 is 2.24 bits per heavy atom. The lowest BCUT2D eigenvalue weighted by Crippen LogP contribution is -1.95.